The summed E-state index contributed by atoms with van der Waals surface area (Å²) in [7, 11) is 0. The van der Waals surface area contributed by atoms with Gasteiger partial charge in [-0.15, -0.1) is 0 Å². The molecule has 1 aromatic heterocycles. The minimum atomic E-state index is -0.683. The van der Waals surface area contributed by atoms with Crippen LogP contribution in [0.5, 0.6) is 0 Å². The normalized spacial score (nSPS) is 25.9. The molecule has 6 nitrogen and oxygen atoms in total. The molecule has 1 aliphatic carbocycles. The number of hydrogen-bond acceptors (Lipinski definition) is 4. The van der Waals surface area contributed by atoms with Crippen molar-refractivity contribution in [1.82, 2.24) is 14.9 Å². The molecule has 1 saturated carbocycles. The lowest BCUT2D eigenvalue weighted by molar-refractivity contribution is -0.146. The number of nitrogens with two attached hydrogens (primary N) is 1. The standard InChI is InChI=1S/C14H22N4O2/c1-10-8-16-12(17-10)11-9-20-7-6-18(11)13(19)14(15)4-2-3-5-14/h8,11H,2-7,9,15H2,1H3,(H,16,17)/t11-/m0/s1. The maximum atomic E-state index is 12.8. The van der Waals surface area contributed by atoms with E-state index in [9.17, 15) is 4.79 Å². The topological polar surface area (TPSA) is 84.2 Å². The fourth-order valence-corrected chi connectivity index (χ4v) is 3.18. The van der Waals surface area contributed by atoms with Crippen LogP contribution in [-0.2, 0) is 9.53 Å². The molecule has 2 fully saturated rings. The second kappa shape index (κ2) is 5.18. The van der Waals surface area contributed by atoms with Crippen molar-refractivity contribution in [2.75, 3.05) is 19.8 Å². The number of rotatable bonds is 2. The molecule has 1 aliphatic heterocycles. The zero-order valence-corrected chi connectivity index (χ0v) is 11.9. The fourth-order valence-electron chi connectivity index (χ4n) is 3.18. The second-order valence-corrected chi connectivity index (χ2v) is 5.90. The van der Waals surface area contributed by atoms with Gasteiger partial charge < -0.3 is 20.4 Å². The van der Waals surface area contributed by atoms with Crippen LogP contribution in [0.3, 0.4) is 0 Å². The molecule has 1 saturated heterocycles. The summed E-state index contributed by atoms with van der Waals surface area (Å²) in [6, 6.07) is -0.147. The quantitative estimate of drug-likeness (QED) is 0.841. The molecule has 0 bridgehead atoms. The predicted molar refractivity (Wildman–Crippen MR) is 74.0 cm³/mol. The number of ether oxygens (including phenoxy) is 1. The Balaban J connectivity index is 1.83. The zero-order valence-electron chi connectivity index (χ0n) is 11.9. The minimum absolute atomic E-state index is 0.0531. The van der Waals surface area contributed by atoms with Crippen molar-refractivity contribution < 1.29 is 9.53 Å². The molecule has 2 heterocycles. The number of imidazole rings is 1. The molecule has 3 N–H and O–H groups in total. The average Bonchev–Trinajstić information content (AvgIpc) is 3.08. The van der Waals surface area contributed by atoms with Crippen LogP contribution in [0.4, 0.5) is 0 Å². The van der Waals surface area contributed by atoms with Gasteiger partial charge in [0.15, 0.2) is 0 Å². The Hall–Kier alpha value is -1.40. The third-order valence-electron chi connectivity index (χ3n) is 4.35. The molecule has 2 aliphatic rings. The van der Waals surface area contributed by atoms with Gasteiger partial charge in [0.25, 0.3) is 0 Å². The molecule has 0 unspecified atom stereocenters. The number of nitrogens with zero attached hydrogens (tertiary/aromatic N) is 2. The van der Waals surface area contributed by atoms with E-state index in [-0.39, 0.29) is 11.9 Å². The Labute approximate surface area is 118 Å². The molecule has 0 spiro atoms. The number of hydrogen-bond donors (Lipinski definition) is 2. The SMILES string of the molecule is Cc1cnc([C@@H]2COCCN2C(=O)C2(N)CCCC2)[nH]1. The molecule has 110 valence electrons. The number of carbonyl (C=O) groups is 1. The van der Waals surface area contributed by atoms with Crippen LogP contribution in [-0.4, -0.2) is 46.1 Å². The van der Waals surface area contributed by atoms with Crippen molar-refractivity contribution in [3.05, 3.63) is 17.7 Å². The van der Waals surface area contributed by atoms with Crippen LogP contribution < -0.4 is 5.73 Å². The highest BCUT2D eigenvalue weighted by Gasteiger charge is 2.43. The van der Waals surface area contributed by atoms with E-state index < -0.39 is 5.54 Å². The van der Waals surface area contributed by atoms with E-state index in [0.29, 0.717) is 19.8 Å². The first kappa shape index (κ1) is 13.6. The van der Waals surface area contributed by atoms with Gasteiger partial charge in [0.05, 0.1) is 18.8 Å². The Morgan fingerprint density at radius 2 is 2.30 bits per heavy atom. The Kier molecular flexibility index (Phi) is 3.52. The Bertz CT molecular complexity index is 493. The lowest BCUT2D eigenvalue weighted by Gasteiger charge is -2.39. The van der Waals surface area contributed by atoms with Gasteiger partial charge in [-0.05, 0) is 19.8 Å². The predicted octanol–water partition coefficient (Wildman–Crippen LogP) is 0.890. The lowest BCUT2D eigenvalue weighted by atomic mass is 9.96. The fraction of sp³-hybridized carbons (Fsp3) is 0.714. The molecule has 1 atom stereocenters. The smallest absolute Gasteiger partial charge is 0.243 e. The summed E-state index contributed by atoms with van der Waals surface area (Å²) in [6.45, 7) is 3.59. The maximum absolute atomic E-state index is 12.8. The van der Waals surface area contributed by atoms with Crippen molar-refractivity contribution in [3.63, 3.8) is 0 Å². The molecule has 0 radical (unpaired) electrons. The molecular weight excluding hydrogens is 256 g/mol. The summed E-state index contributed by atoms with van der Waals surface area (Å²) in [6.07, 6.45) is 5.43. The van der Waals surface area contributed by atoms with Gasteiger partial charge >= 0.3 is 0 Å². The highest BCUT2D eigenvalue weighted by atomic mass is 16.5. The van der Waals surface area contributed by atoms with Gasteiger partial charge in [-0.3, -0.25) is 4.79 Å². The Morgan fingerprint density at radius 1 is 1.55 bits per heavy atom. The van der Waals surface area contributed by atoms with E-state index in [1.54, 1.807) is 6.20 Å². The number of morpholine rings is 1. The van der Waals surface area contributed by atoms with Crippen LogP contribution in [0.25, 0.3) is 0 Å². The van der Waals surface area contributed by atoms with Crippen molar-refractivity contribution in [1.29, 1.82) is 0 Å². The number of aromatic amines is 1. The third kappa shape index (κ3) is 2.33. The van der Waals surface area contributed by atoms with Crippen LogP contribution in [0.2, 0.25) is 0 Å². The van der Waals surface area contributed by atoms with Crippen LogP contribution in [0, 0.1) is 6.92 Å². The van der Waals surface area contributed by atoms with Crippen LogP contribution >= 0.6 is 0 Å². The molecule has 1 aromatic rings. The molecule has 0 aromatic carbocycles. The first-order valence-electron chi connectivity index (χ1n) is 7.29. The highest BCUT2D eigenvalue weighted by Crippen LogP contribution is 2.32. The lowest BCUT2D eigenvalue weighted by Crippen LogP contribution is -2.57. The van der Waals surface area contributed by atoms with Gasteiger partial charge in [0.1, 0.15) is 11.9 Å². The van der Waals surface area contributed by atoms with Crippen LogP contribution in [0.1, 0.15) is 43.2 Å². The van der Waals surface area contributed by atoms with Gasteiger partial charge in [-0.1, -0.05) is 12.8 Å². The van der Waals surface area contributed by atoms with Crippen molar-refractivity contribution >= 4 is 5.91 Å². The van der Waals surface area contributed by atoms with Crippen molar-refractivity contribution in [2.45, 2.75) is 44.2 Å². The minimum Gasteiger partial charge on any atom is -0.377 e. The largest absolute Gasteiger partial charge is 0.377 e. The maximum Gasteiger partial charge on any atom is 0.243 e. The highest BCUT2D eigenvalue weighted by molar-refractivity contribution is 5.86. The van der Waals surface area contributed by atoms with E-state index in [1.807, 2.05) is 11.8 Å². The average molecular weight is 278 g/mol. The summed E-state index contributed by atoms with van der Waals surface area (Å²) >= 11 is 0. The third-order valence-corrected chi connectivity index (χ3v) is 4.35. The first-order chi connectivity index (χ1) is 9.60. The summed E-state index contributed by atoms with van der Waals surface area (Å²) in [4.78, 5) is 22.2. The van der Waals surface area contributed by atoms with Gasteiger partial charge in [0.2, 0.25) is 5.91 Å². The van der Waals surface area contributed by atoms with Gasteiger partial charge in [-0.2, -0.15) is 0 Å². The molecule has 20 heavy (non-hydrogen) atoms. The van der Waals surface area contributed by atoms with Crippen molar-refractivity contribution in [3.8, 4) is 0 Å². The monoisotopic (exact) mass is 278 g/mol. The summed E-state index contributed by atoms with van der Waals surface area (Å²) < 4.78 is 5.53. The number of amides is 1. The first-order valence-corrected chi connectivity index (χ1v) is 7.29. The van der Waals surface area contributed by atoms with Gasteiger partial charge in [-0.25, -0.2) is 4.98 Å². The number of aryl methyl sites for hydroxylation is 1. The van der Waals surface area contributed by atoms with Gasteiger partial charge in [0, 0.05) is 18.4 Å². The van der Waals surface area contributed by atoms with E-state index in [1.165, 1.54) is 0 Å². The molecule has 1 amide bonds. The Morgan fingerprint density at radius 3 is 2.95 bits per heavy atom. The summed E-state index contributed by atoms with van der Waals surface area (Å²) in [5, 5.41) is 0. The van der Waals surface area contributed by atoms with E-state index in [4.69, 9.17) is 10.5 Å². The van der Waals surface area contributed by atoms with E-state index in [2.05, 4.69) is 9.97 Å². The summed E-state index contributed by atoms with van der Waals surface area (Å²) in [5.74, 6) is 0.842. The number of carbonyl (C=O) groups excluding carboxylic acids is 1. The molecular formula is C14H22N4O2. The number of aromatic nitrogens is 2. The zero-order chi connectivity index (χ0) is 14.2. The molecule has 3 rings (SSSR count). The van der Waals surface area contributed by atoms with E-state index in [0.717, 1.165) is 37.2 Å². The second-order valence-electron chi connectivity index (χ2n) is 5.90. The molecule has 6 heteroatoms. The van der Waals surface area contributed by atoms with Crippen LogP contribution in [0.15, 0.2) is 6.20 Å². The number of H-pyrrole nitrogens is 1. The summed E-state index contributed by atoms with van der Waals surface area (Å²) in [5.41, 5.74) is 6.62. The van der Waals surface area contributed by atoms with E-state index >= 15 is 0 Å². The van der Waals surface area contributed by atoms with Crippen molar-refractivity contribution in [2.24, 2.45) is 5.73 Å². The number of nitrogens with one attached hydrogen (secondary N) is 1.